The number of aliphatic carboxylic acids is 1. The number of likely N-dealkylation sites (tertiary alicyclic amines) is 1. The molecule has 0 bridgehead atoms. The third-order valence-electron chi connectivity index (χ3n) is 3.59. The molecule has 0 aromatic carbocycles. The summed E-state index contributed by atoms with van der Waals surface area (Å²) in [5.41, 5.74) is -0.661. The zero-order valence-electron chi connectivity index (χ0n) is 12.8. The number of nitrogens with zero attached hydrogens (tertiary/aromatic N) is 1. The molecule has 0 atom stereocenters. The van der Waals surface area contributed by atoms with Crippen LogP contribution in [0.3, 0.4) is 0 Å². The van der Waals surface area contributed by atoms with E-state index < -0.39 is 24.2 Å². The van der Waals surface area contributed by atoms with Crippen LogP contribution in [-0.2, 0) is 14.3 Å². The van der Waals surface area contributed by atoms with Crippen molar-refractivity contribution in [1.82, 2.24) is 10.2 Å². The second-order valence-corrected chi connectivity index (χ2v) is 6.05. The quantitative estimate of drug-likeness (QED) is 0.796. The monoisotopic (exact) mass is 300 g/mol. The van der Waals surface area contributed by atoms with Crippen molar-refractivity contribution in [2.24, 2.45) is 5.92 Å². The van der Waals surface area contributed by atoms with Crippen LogP contribution in [0.15, 0.2) is 0 Å². The van der Waals surface area contributed by atoms with Crippen LogP contribution in [0.4, 0.5) is 4.79 Å². The van der Waals surface area contributed by atoms with Crippen molar-refractivity contribution >= 4 is 18.0 Å². The van der Waals surface area contributed by atoms with Crippen LogP contribution < -0.4 is 5.32 Å². The van der Waals surface area contributed by atoms with E-state index >= 15 is 0 Å². The Morgan fingerprint density at radius 2 is 1.86 bits per heavy atom. The van der Waals surface area contributed by atoms with Crippen molar-refractivity contribution in [2.45, 2.75) is 45.6 Å². The smallest absolute Gasteiger partial charge is 0.408 e. The van der Waals surface area contributed by atoms with Gasteiger partial charge in [-0.3, -0.25) is 9.59 Å². The minimum absolute atomic E-state index is 0.0945. The van der Waals surface area contributed by atoms with Gasteiger partial charge in [-0.25, -0.2) is 4.79 Å². The third kappa shape index (κ3) is 6.46. The molecule has 1 aliphatic rings. The summed E-state index contributed by atoms with van der Waals surface area (Å²) in [4.78, 5) is 35.0. The van der Waals surface area contributed by atoms with Crippen molar-refractivity contribution in [2.75, 3.05) is 19.6 Å². The molecule has 2 amide bonds. The third-order valence-corrected chi connectivity index (χ3v) is 3.59. The molecule has 0 radical (unpaired) electrons. The fourth-order valence-electron chi connectivity index (χ4n) is 2.62. The summed E-state index contributed by atoms with van der Waals surface area (Å²) < 4.78 is 5.27. The van der Waals surface area contributed by atoms with Crippen LogP contribution in [0.25, 0.3) is 0 Å². The summed E-state index contributed by atoms with van der Waals surface area (Å²) in [6.07, 6.45) is 1.76. The van der Waals surface area contributed by atoms with Crippen LogP contribution in [-0.4, -0.2) is 53.2 Å². The van der Waals surface area contributed by atoms with Gasteiger partial charge in [-0.2, -0.15) is 0 Å². The first-order valence-corrected chi connectivity index (χ1v) is 7.14. The Morgan fingerprint density at radius 1 is 1.29 bits per heavy atom. The summed E-state index contributed by atoms with van der Waals surface area (Å²) in [6.45, 7) is 6.21. The number of carbonyl (C=O) groups excluding carboxylic acids is 2. The molecule has 0 unspecified atom stereocenters. The molecule has 120 valence electrons. The fraction of sp³-hybridized carbons (Fsp3) is 0.786. The summed E-state index contributed by atoms with van der Waals surface area (Å²) >= 11 is 0. The molecule has 0 aromatic rings. The minimum atomic E-state index is -1.11. The van der Waals surface area contributed by atoms with E-state index in [9.17, 15) is 14.4 Å². The molecule has 21 heavy (non-hydrogen) atoms. The Bertz CT molecular complexity index is 400. The molecule has 1 fully saturated rings. The maximum Gasteiger partial charge on any atom is 0.408 e. The topological polar surface area (TPSA) is 95.9 Å². The molecule has 0 spiro atoms. The number of carbonyl (C=O) groups is 3. The lowest BCUT2D eigenvalue weighted by atomic mass is 9.86. The van der Waals surface area contributed by atoms with E-state index in [2.05, 4.69) is 5.32 Å². The normalized spacial score (nSPS) is 16.4. The lowest BCUT2D eigenvalue weighted by Gasteiger charge is -2.35. The number of piperidine rings is 1. The maximum atomic E-state index is 11.5. The SMILES string of the molecule is CC(=O)N1CCC(CC(C)(C)OC(=O)NCC(=O)O)CC1. The number of hydrogen-bond acceptors (Lipinski definition) is 4. The standard InChI is InChI=1S/C14H24N2O5/c1-10(17)16-6-4-11(5-7-16)8-14(2,3)21-13(20)15-9-12(18)19/h11H,4-9H2,1-3H3,(H,15,20)(H,18,19). The van der Waals surface area contributed by atoms with Crippen molar-refractivity contribution in [3.8, 4) is 0 Å². The van der Waals surface area contributed by atoms with E-state index in [0.717, 1.165) is 25.9 Å². The Balaban J connectivity index is 2.37. The highest BCUT2D eigenvalue weighted by molar-refractivity contribution is 5.76. The predicted octanol–water partition coefficient (Wildman–Crippen LogP) is 1.22. The van der Waals surface area contributed by atoms with Gasteiger partial charge in [-0.1, -0.05) is 0 Å². The highest BCUT2D eigenvalue weighted by Crippen LogP contribution is 2.28. The minimum Gasteiger partial charge on any atom is -0.480 e. The molecule has 1 rings (SSSR count). The Kier molecular flexibility index (Phi) is 5.99. The molecule has 0 aromatic heterocycles. The number of hydrogen-bond donors (Lipinski definition) is 2. The van der Waals surface area contributed by atoms with E-state index in [0.29, 0.717) is 12.3 Å². The molecule has 7 nitrogen and oxygen atoms in total. The average molecular weight is 300 g/mol. The number of rotatable bonds is 5. The van der Waals surface area contributed by atoms with Crippen LogP contribution >= 0.6 is 0 Å². The molecule has 1 heterocycles. The second-order valence-electron chi connectivity index (χ2n) is 6.05. The van der Waals surface area contributed by atoms with Crippen LogP contribution in [0.1, 0.15) is 40.0 Å². The first kappa shape index (κ1) is 17.3. The van der Waals surface area contributed by atoms with Gasteiger partial charge in [-0.05, 0) is 39.0 Å². The van der Waals surface area contributed by atoms with Gasteiger partial charge in [0.1, 0.15) is 12.1 Å². The molecule has 2 N–H and O–H groups in total. The molecule has 7 heteroatoms. The zero-order chi connectivity index (χ0) is 16.0. The molecule has 0 saturated carbocycles. The largest absolute Gasteiger partial charge is 0.480 e. The number of carboxylic acid groups (broad SMARTS) is 1. The average Bonchev–Trinajstić information content (AvgIpc) is 2.35. The first-order valence-electron chi connectivity index (χ1n) is 7.14. The van der Waals surface area contributed by atoms with E-state index in [1.807, 2.05) is 18.7 Å². The van der Waals surface area contributed by atoms with Gasteiger partial charge in [0.25, 0.3) is 0 Å². The Hall–Kier alpha value is -1.79. The molecule has 1 aliphatic heterocycles. The highest BCUT2D eigenvalue weighted by Gasteiger charge is 2.30. The summed E-state index contributed by atoms with van der Waals surface area (Å²) in [7, 11) is 0. The Labute approximate surface area is 124 Å². The van der Waals surface area contributed by atoms with Gasteiger partial charge in [0, 0.05) is 20.0 Å². The number of nitrogens with one attached hydrogen (secondary N) is 1. The lowest BCUT2D eigenvalue weighted by Crippen LogP contribution is -2.41. The van der Waals surface area contributed by atoms with Crippen molar-refractivity contribution < 1.29 is 24.2 Å². The molecule has 1 saturated heterocycles. The summed E-state index contributed by atoms with van der Waals surface area (Å²) in [5.74, 6) is -0.624. The molecule has 0 aliphatic carbocycles. The van der Waals surface area contributed by atoms with Gasteiger partial charge in [0.15, 0.2) is 0 Å². The fourth-order valence-corrected chi connectivity index (χ4v) is 2.62. The molecular weight excluding hydrogens is 276 g/mol. The van der Waals surface area contributed by atoms with E-state index in [-0.39, 0.29) is 5.91 Å². The van der Waals surface area contributed by atoms with E-state index in [1.165, 1.54) is 0 Å². The highest BCUT2D eigenvalue weighted by atomic mass is 16.6. The molecular formula is C14H24N2O5. The van der Waals surface area contributed by atoms with Gasteiger partial charge < -0.3 is 20.1 Å². The number of ether oxygens (including phenoxy) is 1. The summed E-state index contributed by atoms with van der Waals surface area (Å²) in [6, 6.07) is 0. The predicted molar refractivity (Wildman–Crippen MR) is 75.8 cm³/mol. The van der Waals surface area contributed by atoms with Gasteiger partial charge in [-0.15, -0.1) is 0 Å². The van der Waals surface area contributed by atoms with Crippen LogP contribution in [0.5, 0.6) is 0 Å². The van der Waals surface area contributed by atoms with Crippen molar-refractivity contribution in [1.29, 1.82) is 0 Å². The van der Waals surface area contributed by atoms with E-state index in [1.54, 1.807) is 6.92 Å². The lowest BCUT2D eigenvalue weighted by molar-refractivity contribution is -0.136. The second kappa shape index (κ2) is 7.28. The number of amides is 2. The van der Waals surface area contributed by atoms with E-state index in [4.69, 9.17) is 9.84 Å². The first-order chi connectivity index (χ1) is 9.69. The van der Waals surface area contributed by atoms with Gasteiger partial charge >= 0.3 is 12.1 Å². The van der Waals surface area contributed by atoms with Gasteiger partial charge in [0.05, 0.1) is 0 Å². The van der Waals surface area contributed by atoms with Crippen molar-refractivity contribution in [3.05, 3.63) is 0 Å². The number of carboxylic acids is 1. The van der Waals surface area contributed by atoms with Gasteiger partial charge in [0.2, 0.25) is 5.91 Å². The summed E-state index contributed by atoms with van der Waals surface area (Å²) in [5, 5.41) is 10.7. The Morgan fingerprint density at radius 3 is 2.33 bits per heavy atom. The van der Waals surface area contributed by atoms with Crippen molar-refractivity contribution in [3.63, 3.8) is 0 Å². The zero-order valence-corrected chi connectivity index (χ0v) is 12.8. The number of alkyl carbamates (subject to hydrolysis) is 1. The van der Waals surface area contributed by atoms with Crippen LogP contribution in [0, 0.1) is 5.92 Å². The van der Waals surface area contributed by atoms with Crippen LogP contribution in [0.2, 0.25) is 0 Å². The maximum absolute atomic E-state index is 11.5.